The molecule has 0 spiro atoms. The van der Waals surface area contributed by atoms with E-state index < -0.39 is 0 Å². The first-order valence-corrected chi connectivity index (χ1v) is 6.47. The van der Waals surface area contributed by atoms with Gasteiger partial charge < -0.3 is 9.84 Å². The van der Waals surface area contributed by atoms with E-state index >= 15 is 0 Å². The Hall–Kier alpha value is -1.75. The molecule has 0 saturated heterocycles. The second-order valence-corrected chi connectivity index (χ2v) is 4.46. The van der Waals surface area contributed by atoms with Crippen molar-refractivity contribution in [2.24, 2.45) is 0 Å². The van der Waals surface area contributed by atoms with Crippen molar-refractivity contribution >= 4 is 0 Å². The van der Waals surface area contributed by atoms with Crippen LogP contribution in [0, 0.1) is 12.7 Å². The largest absolute Gasteiger partial charge is 0.339 e. The standard InChI is InChI=1S/C14H18FN3O/c1-3-13(11-5-4-6-12(15)9-11)16-8-7-14-17-10(2)18-19-14/h4-6,9,13,16H,3,7-8H2,1-2H3. The van der Waals surface area contributed by atoms with Gasteiger partial charge in [0.1, 0.15) is 5.82 Å². The summed E-state index contributed by atoms with van der Waals surface area (Å²) in [5.41, 5.74) is 0.962. The maximum atomic E-state index is 13.2. The molecule has 5 heteroatoms. The molecule has 0 radical (unpaired) electrons. The highest BCUT2D eigenvalue weighted by atomic mass is 19.1. The van der Waals surface area contributed by atoms with Gasteiger partial charge in [-0.05, 0) is 31.0 Å². The molecule has 1 N–H and O–H groups in total. The van der Waals surface area contributed by atoms with Crippen LogP contribution in [0.4, 0.5) is 4.39 Å². The maximum Gasteiger partial charge on any atom is 0.227 e. The van der Waals surface area contributed by atoms with Crippen LogP contribution >= 0.6 is 0 Å². The van der Waals surface area contributed by atoms with Gasteiger partial charge in [-0.25, -0.2) is 4.39 Å². The van der Waals surface area contributed by atoms with Gasteiger partial charge in [-0.3, -0.25) is 0 Å². The third kappa shape index (κ3) is 3.86. The first-order valence-electron chi connectivity index (χ1n) is 6.47. The summed E-state index contributed by atoms with van der Waals surface area (Å²) >= 11 is 0. The Morgan fingerprint density at radius 1 is 1.42 bits per heavy atom. The van der Waals surface area contributed by atoms with Gasteiger partial charge in [0.05, 0.1) is 0 Å². The first-order chi connectivity index (χ1) is 9.19. The average molecular weight is 263 g/mol. The van der Waals surface area contributed by atoms with Gasteiger partial charge in [-0.1, -0.05) is 24.2 Å². The minimum absolute atomic E-state index is 0.139. The summed E-state index contributed by atoms with van der Waals surface area (Å²) in [5, 5.41) is 7.12. The zero-order chi connectivity index (χ0) is 13.7. The van der Waals surface area contributed by atoms with Crippen LogP contribution in [0.1, 0.15) is 36.7 Å². The van der Waals surface area contributed by atoms with E-state index in [-0.39, 0.29) is 11.9 Å². The van der Waals surface area contributed by atoms with Crippen molar-refractivity contribution in [2.75, 3.05) is 6.54 Å². The van der Waals surface area contributed by atoms with Crippen molar-refractivity contribution < 1.29 is 8.91 Å². The van der Waals surface area contributed by atoms with Gasteiger partial charge in [-0.15, -0.1) is 0 Å². The molecule has 1 aromatic heterocycles. The topological polar surface area (TPSA) is 51.0 Å². The van der Waals surface area contributed by atoms with Crippen molar-refractivity contribution in [1.29, 1.82) is 0 Å². The summed E-state index contributed by atoms with van der Waals surface area (Å²) in [6.45, 7) is 4.58. The Morgan fingerprint density at radius 2 is 2.26 bits per heavy atom. The third-order valence-corrected chi connectivity index (χ3v) is 2.96. The molecular weight excluding hydrogens is 245 g/mol. The fraction of sp³-hybridized carbons (Fsp3) is 0.429. The van der Waals surface area contributed by atoms with Gasteiger partial charge >= 0.3 is 0 Å². The molecule has 102 valence electrons. The van der Waals surface area contributed by atoms with Crippen molar-refractivity contribution in [1.82, 2.24) is 15.5 Å². The van der Waals surface area contributed by atoms with Crippen LogP contribution in [0.3, 0.4) is 0 Å². The van der Waals surface area contributed by atoms with Crippen LogP contribution < -0.4 is 5.32 Å². The van der Waals surface area contributed by atoms with E-state index in [1.807, 2.05) is 6.07 Å². The van der Waals surface area contributed by atoms with E-state index in [9.17, 15) is 4.39 Å². The van der Waals surface area contributed by atoms with E-state index in [0.29, 0.717) is 18.1 Å². The quantitative estimate of drug-likeness (QED) is 0.870. The van der Waals surface area contributed by atoms with Gasteiger partial charge in [0.25, 0.3) is 0 Å². The number of rotatable bonds is 6. The van der Waals surface area contributed by atoms with Gasteiger partial charge in [-0.2, -0.15) is 4.98 Å². The molecule has 0 saturated carbocycles. The number of nitrogens with one attached hydrogen (secondary N) is 1. The van der Waals surface area contributed by atoms with E-state index in [1.54, 1.807) is 19.1 Å². The average Bonchev–Trinajstić information content (AvgIpc) is 2.80. The van der Waals surface area contributed by atoms with Crippen LogP contribution in [0.15, 0.2) is 28.8 Å². The Labute approximate surface area is 112 Å². The molecule has 4 nitrogen and oxygen atoms in total. The van der Waals surface area contributed by atoms with Crippen molar-refractivity contribution in [3.63, 3.8) is 0 Å². The number of halogens is 1. The predicted molar refractivity (Wildman–Crippen MR) is 70.2 cm³/mol. The van der Waals surface area contributed by atoms with Crippen LogP contribution in [0.2, 0.25) is 0 Å². The summed E-state index contributed by atoms with van der Waals surface area (Å²) in [7, 11) is 0. The van der Waals surface area contributed by atoms with E-state index in [4.69, 9.17) is 4.52 Å². The molecule has 0 aliphatic rings. The number of aromatic nitrogens is 2. The van der Waals surface area contributed by atoms with Gasteiger partial charge in [0, 0.05) is 19.0 Å². The molecule has 2 rings (SSSR count). The summed E-state index contributed by atoms with van der Waals surface area (Å²) < 4.78 is 18.2. The molecule has 1 heterocycles. The Bertz CT molecular complexity index is 527. The Morgan fingerprint density at radius 3 is 2.89 bits per heavy atom. The van der Waals surface area contributed by atoms with Crippen LogP contribution in [-0.2, 0) is 6.42 Å². The molecule has 0 aliphatic heterocycles. The van der Waals surface area contributed by atoms with Crippen LogP contribution in [-0.4, -0.2) is 16.7 Å². The summed E-state index contributed by atoms with van der Waals surface area (Å²) in [4.78, 5) is 4.14. The second kappa shape index (κ2) is 6.43. The van der Waals surface area contributed by atoms with E-state index in [2.05, 4.69) is 22.4 Å². The molecule has 19 heavy (non-hydrogen) atoms. The van der Waals surface area contributed by atoms with Crippen molar-refractivity contribution in [2.45, 2.75) is 32.7 Å². The first kappa shape index (κ1) is 13.7. The normalized spacial score (nSPS) is 12.6. The van der Waals surface area contributed by atoms with E-state index in [1.165, 1.54) is 6.07 Å². The lowest BCUT2D eigenvalue weighted by atomic mass is 10.0. The lowest BCUT2D eigenvalue weighted by Gasteiger charge is -2.16. The fourth-order valence-electron chi connectivity index (χ4n) is 2.02. The third-order valence-electron chi connectivity index (χ3n) is 2.96. The Kier molecular flexibility index (Phi) is 4.63. The molecule has 0 amide bonds. The van der Waals surface area contributed by atoms with Crippen LogP contribution in [0.5, 0.6) is 0 Å². The number of hydrogen-bond acceptors (Lipinski definition) is 4. The highest BCUT2D eigenvalue weighted by molar-refractivity contribution is 5.20. The van der Waals surface area contributed by atoms with E-state index in [0.717, 1.165) is 18.5 Å². The zero-order valence-corrected chi connectivity index (χ0v) is 11.2. The molecule has 1 unspecified atom stereocenters. The lowest BCUT2D eigenvalue weighted by Crippen LogP contribution is -2.23. The number of nitrogens with zero attached hydrogens (tertiary/aromatic N) is 2. The number of hydrogen-bond donors (Lipinski definition) is 1. The van der Waals surface area contributed by atoms with Gasteiger partial charge in [0.2, 0.25) is 5.89 Å². The smallest absolute Gasteiger partial charge is 0.227 e. The van der Waals surface area contributed by atoms with Crippen molar-refractivity contribution in [3.05, 3.63) is 47.4 Å². The molecule has 0 aliphatic carbocycles. The summed E-state index contributed by atoms with van der Waals surface area (Å²) in [6.07, 6.45) is 1.57. The molecule has 0 bridgehead atoms. The molecule has 1 aromatic carbocycles. The summed E-state index contributed by atoms with van der Waals surface area (Å²) in [5.74, 6) is 1.07. The van der Waals surface area contributed by atoms with Crippen molar-refractivity contribution in [3.8, 4) is 0 Å². The highest BCUT2D eigenvalue weighted by Gasteiger charge is 2.10. The highest BCUT2D eigenvalue weighted by Crippen LogP contribution is 2.17. The summed E-state index contributed by atoms with van der Waals surface area (Å²) in [6, 6.07) is 6.83. The molecule has 1 atom stereocenters. The SMILES string of the molecule is CCC(NCCc1nc(C)no1)c1cccc(F)c1. The maximum absolute atomic E-state index is 13.2. The second-order valence-electron chi connectivity index (χ2n) is 4.46. The van der Waals surface area contributed by atoms with Crippen LogP contribution in [0.25, 0.3) is 0 Å². The minimum atomic E-state index is -0.203. The molecule has 2 aromatic rings. The minimum Gasteiger partial charge on any atom is -0.339 e. The lowest BCUT2D eigenvalue weighted by molar-refractivity contribution is 0.368. The number of aryl methyl sites for hydroxylation is 1. The Balaban J connectivity index is 1.89. The molecular formula is C14H18FN3O. The fourth-order valence-corrected chi connectivity index (χ4v) is 2.02. The predicted octanol–water partition coefficient (Wildman–Crippen LogP) is 2.80. The monoisotopic (exact) mass is 263 g/mol. The number of benzene rings is 1. The zero-order valence-electron chi connectivity index (χ0n) is 11.2. The van der Waals surface area contributed by atoms with Gasteiger partial charge in [0.15, 0.2) is 5.82 Å². The molecule has 0 fully saturated rings.